The van der Waals surface area contributed by atoms with Gasteiger partial charge in [0.1, 0.15) is 17.7 Å². The van der Waals surface area contributed by atoms with Crippen molar-refractivity contribution in [2.24, 2.45) is 0 Å². The number of aromatic nitrogens is 2. The lowest BCUT2D eigenvalue weighted by Gasteiger charge is -2.01. The van der Waals surface area contributed by atoms with E-state index in [1.807, 2.05) is 6.07 Å². The molecule has 0 saturated heterocycles. The number of imidazole rings is 1. The standard InChI is InChI=1S/C11H7ClFN3/c1-6-15-10(5-14)11(16-6)8-4-7(12)2-3-9(8)13/h2-4H,1H3,(H,15,16). The van der Waals surface area contributed by atoms with E-state index in [1.54, 1.807) is 6.92 Å². The maximum atomic E-state index is 13.6. The molecule has 0 saturated carbocycles. The lowest BCUT2D eigenvalue weighted by atomic mass is 10.1. The smallest absolute Gasteiger partial charge is 0.166 e. The average molecular weight is 236 g/mol. The normalized spacial score (nSPS) is 10.1. The van der Waals surface area contributed by atoms with Gasteiger partial charge in [0.05, 0.1) is 5.69 Å². The van der Waals surface area contributed by atoms with Gasteiger partial charge in [-0.1, -0.05) is 11.6 Å². The molecule has 0 unspecified atom stereocenters. The van der Waals surface area contributed by atoms with E-state index in [4.69, 9.17) is 16.9 Å². The third-order valence-electron chi connectivity index (χ3n) is 2.13. The minimum Gasteiger partial charge on any atom is -0.341 e. The van der Waals surface area contributed by atoms with Gasteiger partial charge in [-0.3, -0.25) is 0 Å². The van der Waals surface area contributed by atoms with Gasteiger partial charge in [-0.2, -0.15) is 5.26 Å². The molecule has 5 heteroatoms. The lowest BCUT2D eigenvalue weighted by Crippen LogP contribution is -1.87. The Morgan fingerprint density at radius 2 is 2.25 bits per heavy atom. The van der Waals surface area contributed by atoms with Crippen LogP contribution in [0.25, 0.3) is 11.3 Å². The zero-order chi connectivity index (χ0) is 11.7. The van der Waals surface area contributed by atoms with Crippen LogP contribution in [-0.4, -0.2) is 9.97 Å². The summed E-state index contributed by atoms with van der Waals surface area (Å²) in [7, 11) is 0. The molecule has 0 aliphatic carbocycles. The molecule has 1 N–H and O–H groups in total. The van der Waals surface area contributed by atoms with Crippen LogP contribution in [0.4, 0.5) is 4.39 Å². The monoisotopic (exact) mass is 235 g/mol. The molecule has 0 atom stereocenters. The summed E-state index contributed by atoms with van der Waals surface area (Å²) in [6.07, 6.45) is 0. The molecule has 0 spiro atoms. The summed E-state index contributed by atoms with van der Waals surface area (Å²) in [5.74, 6) is 0.121. The first-order valence-corrected chi connectivity index (χ1v) is 4.91. The van der Waals surface area contributed by atoms with Crippen LogP contribution >= 0.6 is 11.6 Å². The first-order chi connectivity index (χ1) is 7.61. The van der Waals surface area contributed by atoms with Crippen molar-refractivity contribution in [1.29, 1.82) is 5.26 Å². The van der Waals surface area contributed by atoms with Gasteiger partial charge in [-0.25, -0.2) is 9.37 Å². The lowest BCUT2D eigenvalue weighted by molar-refractivity contribution is 0.631. The van der Waals surface area contributed by atoms with E-state index in [1.165, 1.54) is 18.2 Å². The van der Waals surface area contributed by atoms with Gasteiger partial charge in [0.2, 0.25) is 0 Å². The first kappa shape index (κ1) is 10.7. The second kappa shape index (κ2) is 3.95. The highest BCUT2D eigenvalue weighted by atomic mass is 35.5. The maximum absolute atomic E-state index is 13.6. The Kier molecular flexibility index (Phi) is 2.63. The number of nitrogens with zero attached hydrogens (tertiary/aromatic N) is 2. The number of nitriles is 1. The highest BCUT2D eigenvalue weighted by molar-refractivity contribution is 6.30. The van der Waals surface area contributed by atoms with Crippen LogP contribution in [0.3, 0.4) is 0 Å². The van der Waals surface area contributed by atoms with Crippen molar-refractivity contribution in [3.63, 3.8) is 0 Å². The summed E-state index contributed by atoms with van der Waals surface area (Å²) >= 11 is 5.79. The molecule has 0 fully saturated rings. The number of aryl methyl sites for hydroxylation is 1. The zero-order valence-electron chi connectivity index (χ0n) is 8.38. The van der Waals surface area contributed by atoms with Gasteiger partial charge in [-0.15, -0.1) is 0 Å². The van der Waals surface area contributed by atoms with Crippen LogP contribution in [0, 0.1) is 24.1 Å². The fraction of sp³-hybridized carbons (Fsp3) is 0.0909. The second-order valence-corrected chi connectivity index (χ2v) is 3.72. The van der Waals surface area contributed by atoms with Crippen LogP contribution < -0.4 is 0 Å². The third kappa shape index (κ3) is 1.77. The fourth-order valence-corrected chi connectivity index (χ4v) is 1.63. The van der Waals surface area contributed by atoms with Crippen LogP contribution in [0.2, 0.25) is 5.02 Å². The van der Waals surface area contributed by atoms with Crippen LogP contribution in [0.1, 0.15) is 11.5 Å². The molecule has 0 aliphatic heterocycles. The summed E-state index contributed by atoms with van der Waals surface area (Å²) in [6.45, 7) is 1.70. The molecule has 2 aromatic rings. The SMILES string of the molecule is Cc1nc(C#N)c(-c2cc(Cl)ccc2F)[nH]1. The summed E-state index contributed by atoms with van der Waals surface area (Å²) in [4.78, 5) is 6.80. The second-order valence-electron chi connectivity index (χ2n) is 3.28. The number of benzene rings is 1. The van der Waals surface area contributed by atoms with Crippen molar-refractivity contribution in [1.82, 2.24) is 9.97 Å². The number of halogens is 2. The number of aromatic amines is 1. The minimum absolute atomic E-state index is 0.165. The van der Waals surface area contributed by atoms with Crippen LogP contribution in [0.15, 0.2) is 18.2 Å². The Bertz CT molecular complexity index is 583. The van der Waals surface area contributed by atoms with E-state index < -0.39 is 5.82 Å². The number of rotatable bonds is 1. The van der Waals surface area contributed by atoms with Crippen molar-refractivity contribution in [3.05, 3.63) is 40.6 Å². The van der Waals surface area contributed by atoms with Crippen molar-refractivity contribution in [2.75, 3.05) is 0 Å². The number of nitrogens with one attached hydrogen (secondary N) is 1. The van der Waals surface area contributed by atoms with Gasteiger partial charge in [0.25, 0.3) is 0 Å². The zero-order valence-corrected chi connectivity index (χ0v) is 9.14. The summed E-state index contributed by atoms with van der Waals surface area (Å²) in [5.41, 5.74) is 0.781. The van der Waals surface area contributed by atoms with Crippen LogP contribution in [0.5, 0.6) is 0 Å². The molecule has 80 valence electrons. The average Bonchev–Trinajstić information content (AvgIpc) is 2.63. The molecule has 0 amide bonds. The molecule has 1 aromatic carbocycles. The van der Waals surface area contributed by atoms with E-state index in [9.17, 15) is 4.39 Å². The quantitative estimate of drug-likeness (QED) is 0.826. The molecular weight excluding hydrogens is 229 g/mol. The molecule has 1 aromatic heterocycles. The van der Waals surface area contributed by atoms with Gasteiger partial charge in [-0.05, 0) is 25.1 Å². The first-order valence-electron chi connectivity index (χ1n) is 4.54. The predicted octanol–water partition coefficient (Wildman–Crippen LogP) is 3.05. The number of hydrogen-bond donors (Lipinski definition) is 1. The molecule has 0 aliphatic rings. The van der Waals surface area contributed by atoms with Crippen LogP contribution in [-0.2, 0) is 0 Å². The van der Waals surface area contributed by atoms with E-state index >= 15 is 0 Å². The molecule has 3 nitrogen and oxygen atoms in total. The molecule has 1 heterocycles. The van der Waals surface area contributed by atoms with Gasteiger partial charge in [0, 0.05) is 10.6 Å². The van der Waals surface area contributed by atoms with Crippen molar-refractivity contribution in [3.8, 4) is 17.3 Å². The molecular formula is C11H7ClFN3. The van der Waals surface area contributed by atoms with E-state index in [2.05, 4.69) is 9.97 Å². The Morgan fingerprint density at radius 3 is 2.94 bits per heavy atom. The molecule has 2 rings (SSSR count). The highest BCUT2D eigenvalue weighted by Gasteiger charge is 2.14. The number of H-pyrrole nitrogens is 1. The number of hydrogen-bond acceptors (Lipinski definition) is 2. The van der Waals surface area contributed by atoms with E-state index in [0.717, 1.165) is 0 Å². The third-order valence-corrected chi connectivity index (χ3v) is 2.36. The topological polar surface area (TPSA) is 52.5 Å². The van der Waals surface area contributed by atoms with Crippen molar-refractivity contribution in [2.45, 2.75) is 6.92 Å². The van der Waals surface area contributed by atoms with E-state index in [-0.39, 0.29) is 11.3 Å². The van der Waals surface area contributed by atoms with E-state index in [0.29, 0.717) is 16.5 Å². The van der Waals surface area contributed by atoms with Gasteiger partial charge < -0.3 is 4.98 Å². The highest BCUT2D eigenvalue weighted by Crippen LogP contribution is 2.26. The van der Waals surface area contributed by atoms with Crippen molar-refractivity contribution < 1.29 is 4.39 Å². The summed E-state index contributed by atoms with van der Waals surface area (Å²) < 4.78 is 13.6. The molecule has 0 radical (unpaired) electrons. The molecule has 0 bridgehead atoms. The fourth-order valence-electron chi connectivity index (χ4n) is 1.46. The Labute approximate surface area is 96.5 Å². The summed E-state index contributed by atoms with van der Waals surface area (Å²) in [5, 5.41) is 9.28. The Balaban J connectivity index is 2.67. The summed E-state index contributed by atoms with van der Waals surface area (Å²) in [6, 6.07) is 6.09. The minimum atomic E-state index is -0.440. The predicted molar refractivity (Wildman–Crippen MR) is 58.4 cm³/mol. The van der Waals surface area contributed by atoms with Gasteiger partial charge >= 0.3 is 0 Å². The Hall–Kier alpha value is -1.86. The maximum Gasteiger partial charge on any atom is 0.166 e. The van der Waals surface area contributed by atoms with Crippen molar-refractivity contribution >= 4 is 11.6 Å². The van der Waals surface area contributed by atoms with Gasteiger partial charge in [0.15, 0.2) is 5.69 Å². The Morgan fingerprint density at radius 1 is 1.50 bits per heavy atom. The molecule has 16 heavy (non-hydrogen) atoms. The largest absolute Gasteiger partial charge is 0.341 e.